The number of thiazole rings is 1. The molecule has 0 spiro atoms. The van der Waals surface area contributed by atoms with E-state index in [-0.39, 0.29) is 11.8 Å². The number of aromatic amines is 1. The molecule has 1 saturated heterocycles. The van der Waals surface area contributed by atoms with Gasteiger partial charge >= 0.3 is 0 Å². The van der Waals surface area contributed by atoms with E-state index in [0.717, 1.165) is 27.9 Å². The number of carbonyl (C=O) groups excluding carboxylic acids is 1. The zero-order valence-electron chi connectivity index (χ0n) is 14.6. The third-order valence-corrected chi connectivity index (χ3v) is 5.17. The van der Waals surface area contributed by atoms with Crippen molar-refractivity contribution in [2.24, 2.45) is 0 Å². The summed E-state index contributed by atoms with van der Waals surface area (Å²) in [5.41, 5.74) is 1.47. The van der Waals surface area contributed by atoms with E-state index in [9.17, 15) is 4.79 Å². The lowest BCUT2D eigenvalue weighted by Crippen LogP contribution is -2.28. The number of likely N-dealkylation sites (tertiary alicyclic amines) is 1. The number of H-pyrrole nitrogens is 1. The summed E-state index contributed by atoms with van der Waals surface area (Å²) in [4.78, 5) is 28.8. The average molecular weight is 369 g/mol. The fraction of sp³-hybridized carbons (Fsp3) is 0.353. The van der Waals surface area contributed by atoms with Gasteiger partial charge in [0.15, 0.2) is 5.13 Å². The molecule has 1 amide bonds. The van der Waals surface area contributed by atoms with Crippen LogP contribution in [0, 0.1) is 13.8 Å². The van der Waals surface area contributed by atoms with E-state index in [2.05, 4.69) is 30.5 Å². The second-order valence-corrected chi connectivity index (χ2v) is 7.57. The van der Waals surface area contributed by atoms with Crippen molar-refractivity contribution in [2.45, 2.75) is 26.2 Å². The van der Waals surface area contributed by atoms with Crippen LogP contribution in [0.25, 0.3) is 0 Å². The highest BCUT2D eigenvalue weighted by molar-refractivity contribution is 7.15. The molecule has 1 aliphatic rings. The maximum absolute atomic E-state index is 12.5. The van der Waals surface area contributed by atoms with Crippen LogP contribution in [0.4, 0.5) is 10.9 Å². The number of amides is 1. The number of nitrogens with one attached hydrogen (secondary N) is 2. The van der Waals surface area contributed by atoms with Crippen LogP contribution in [0.2, 0.25) is 0 Å². The van der Waals surface area contributed by atoms with Crippen molar-refractivity contribution in [3.05, 3.63) is 46.6 Å². The molecule has 1 unspecified atom stereocenters. The molecule has 1 atom stereocenters. The van der Waals surface area contributed by atoms with Gasteiger partial charge in [-0.05, 0) is 26.3 Å². The lowest BCUT2D eigenvalue weighted by molar-refractivity contribution is 0.0785. The number of anilines is 2. The molecule has 3 aromatic rings. The Hall–Kier alpha value is -2.81. The predicted octanol–water partition coefficient (Wildman–Crippen LogP) is 2.65. The molecule has 0 bridgehead atoms. The van der Waals surface area contributed by atoms with Gasteiger partial charge in [-0.2, -0.15) is 5.10 Å². The predicted molar refractivity (Wildman–Crippen MR) is 98.8 cm³/mol. The second kappa shape index (κ2) is 6.83. The highest BCUT2D eigenvalue weighted by Gasteiger charge is 2.29. The number of aromatic nitrogens is 5. The van der Waals surface area contributed by atoms with E-state index in [1.54, 1.807) is 23.6 Å². The largest absolute Gasteiger partial charge is 0.337 e. The van der Waals surface area contributed by atoms with Gasteiger partial charge in [-0.3, -0.25) is 9.89 Å². The Morgan fingerprint density at radius 3 is 3.00 bits per heavy atom. The summed E-state index contributed by atoms with van der Waals surface area (Å²) in [6.07, 6.45) is 4.30. The minimum Gasteiger partial charge on any atom is -0.337 e. The first-order valence-corrected chi connectivity index (χ1v) is 9.24. The lowest BCUT2D eigenvalue weighted by atomic mass is 10.0. The highest BCUT2D eigenvalue weighted by atomic mass is 32.1. The maximum atomic E-state index is 12.5. The summed E-state index contributed by atoms with van der Waals surface area (Å²) in [6, 6.07) is 3.65. The number of hydrogen-bond donors (Lipinski definition) is 2. The molecular weight excluding hydrogens is 350 g/mol. The van der Waals surface area contributed by atoms with Gasteiger partial charge in [0.25, 0.3) is 5.91 Å². The van der Waals surface area contributed by atoms with Gasteiger partial charge in [0, 0.05) is 42.3 Å². The average Bonchev–Trinajstić information content (AvgIpc) is 3.36. The van der Waals surface area contributed by atoms with Crippen molar-refractivity contribution in [1.82, 2.24) is 30.0 Å². The molecule has 1 aliphatic heterocycles. The van der Waals surface area contributed by atoms with E-state index >= 15 is 0 Å². The molecule has 1 fully saturated rings. The van der Waals surface area contributed by atoms with E-state index in [4.69, 9.17) is 0 Å². The van der Waals surface area contributed by atoms with Crippen molar-refractivity contribution in [3.63, 3.8) is 0 Å². The van der Waals surface area contributed by atoms with Crippen LogP contribution in [-0.2, 0) is 0 Å². The number of carbonyl (C=O) groups is 1. The lowest BCUT2D eigenvalue weighted by Gasteiger charge is -2.16. The van der Waals surface area contributed by atoms with Crippen LogP contribution in [0.1, 0.15) is 39.2 Å². The Labute approximate surface area is 154 Å². The normalized spacial score (nSPS) is 16.8. The Bertz CT molecular complexity index is 921. The Morgan fingerprint density at radius 2 is 2.27 bits per heavy atom. The van der Waals surface area contributed by atoms with E-state index < -0.39 is 0 Å². The number of rotatable bonds is 4. The second-order valence-electron chi connectivity index (χ2n) is 6.33. The van der Waals surface area contributed by atoms with Crippen LogP contribution < -0.4 is 5.32 Å². The first kappa shape index (κ1) is 16.6. The van der Waals surface area contributed by atoms with Crippen molar-refractivity contribution < 1.29 is 4.79 Å². The molecule has 2 N–H and O–H groups in total. The SMILES string of the molecule is Cc1nc(Nc2ncc(C)s2)cc(C2CCN(C(=O)c3ccn[nH]3)C2)n1. The molecule has 9 heteroatoms. The summed E-state index contributed by atoms with van der Waals surface area (Å²) < 4.78 is 0. The van der Waals surface area contributed by atoms with Gasteiger partial charge in [0.2, 0.25) is 0 Å². The molecule has 3 aromatic heterocycles. The Kier molecular flexibility index (Phi) is 4.37. The topological polar surface area (TPSA) is 99.7 Å². The highest BCUT2D eigenvalue weighted by Crippen LogP contribution is 2.29. The van der Waals surface area contributed by atoms with Gasteiger partial charge in [0.05, 0.1) is 5.69 Å². The monoisotopic (exact) mass is 369 g/mol. The van der Waals surface area contributed by atoms with E-state index in [1.807, 2.05) is 31.0 Å². The smallest absolute Gasteiger partial charge is 0.271 e. The Morgan fingerprint density at radius 1 is 1.38 bits per heavy atom. The maximum Gasteiger partial charge on any atom is 0.271 e. The fourth-order valence-electron chi connectivity index (χ4n) is 3.12. The summed E-state index contributed by atoms with van der Waals surface area (Å²) in [6.45, 7) is 5.25. The fourth-order valence-corrected chi connectivity index (χ4v) is 3.79. The van der Waals surface area contributed by atoms with Crippen LogP contribution in [0.5, 0.6) is 0 Å². The van der Waals surface area contributed by atoms with Gasteiger partial charge in [-0.1, -0.05) is 0 Å². The van der Waals surface area contributed by atoms with Crippen molar-refractivity contribution >= 4 is 28.2 Å². The van der Waals surface area contributed by atoms with Gasteiger partial charge in [-0.15, -0.1) is 11.3 Å². The van der Waals surface area contributed by atoms with Crippen LogP contribution >= 0.6 is 11.3 Å². The quantitative estimate of drug-likeness (QED) is 0.733. The minimum atomic E-state index is -0.0209. The van der Waals surface area contributed by atoms with Gasteiger partial charge in [0.1, 0.15) is 17.3 Å². The molecule has 4 heterocycles. The van der Waals surface area contributed by atoms with Crippen LogP contribution in [0.15, 0.2) is 24.5 Å². The van der Waals surface area contributed by atoms with Crippen molar-refractivity contribution in [1.29, 1.82) is 0 Å². The first-order valence-electron chi connectivity index (χ1n) is 8.42. The zero-order chi connectivity index (χ0) is 18.1. The molecule has 0 radical (unpaired) electrons. The summed E-state index contributed by atoms with van der Waals surface area (Å²) in [5.74, 6) is 1.62. The Balaban J connectivity index is 1.50. The molecule has 0 saturated carbocycles. The zero-order valence-corrected chi connectivity index (χ0v) is 15.4. The molecule has 26 heavy (non-hydrogen) atoms. The summed E-state index contributed by atoms with van der Waals surface area (Å²) >= 11 is 1.58. The standard InChI is InChI=1S/C17H19N7OS/c1-10-8-18-17(26-10)22-15-7-14(20-11(2)21-15)12-4-6-24(9-12)16(25)13-3-5-19-23-13/h3,5,7-8,12H,4,6,9H2,1-2H3,(H,19,23)(H,18,20,21,22). The minimum absolute atomic E-state index is 0.0209. The van der Waals surface area contributed by atoms with E-state index in [0.29, 0.717) is 24.6 Å². The summed E-state index contributed by atoms with van der Waals surface area (Å²) in [7, 11) is 0. The van der Waals surface area contributed by atoms with Gasteiger partial charge < -0.3 is 10.2 Å². The molecule has 4 rings (SSSR count). The van der Waals surface area contributed by atoms with Crippen LogP contribution in [-0.4, -0.2) is 49.0 Å². The molecule has 0 aliphatic carbocycles. The van der Waals surface area contributed by atoms with E-state index in [1.165, 1.54) is 0 Å². The number of hydrogen-bond acceptors (Lipinski definition) is 7. The third kappa shape index (κ3) is 3.43. The molecule has 0 aromatic carbocycles. The van der Waals surface area contributed by atoms with Crippen LogP contribution in [0.3, 0.4) is 0 Å². The van der Waals surface area contributed by atoms with Crippen molar-refractivity contribution in [3.8, 4) is 0 Å². The molecule has 134 valence electrons. The number of aryl methyl sites for hydroxylation is 2. The third-order valence-electron chi connectivity index (χ3n) is 4.34. The first-order chi connectivity index (χ1) is 12.6. The summed E-state index contributed by atoms with van der Waals surface area (Å²) in [5, 5.41) is 10.6. The van der Waals surface area contributed by atoms with Gasteiger partial charge in [-0.25, -0.2) is 15.0 Å². The molecular formula is C17H19N7OS. The molecule has 8 nitrogen and oxygen atoms in total. The van der Waals surface area contributed by atoms with Crippen molar-refractivity contribution in [2.75, 3.05) is 18.4 Å². The number of nitrogens with zero attached hydrogens (tertiary/aromatic N) is 5.